The number of ether oxygens (including phenoxy) is 1. The van der Waals surface area contributed by atoms with Gasteiger partial charge in [-0.05, 0) is 47.2 Å². The van der Waals surface area contributed by atoms with Crippen LogP contribution in [0.4, 0.5) is 10.1 Å². The number of nitrogen functional groups attached to an aromatic ring is 1. The quantitative estimate of drug-likeness (QED) is 0.662. The Labute approximate surface area is 124 Å². The van der Waals surface area contributed by atoms with Gasteiger partial charge in [0.2, 0.25) is 0 Å². The Hall–Kier alpha value is -2.07. The van der Waals surface area contributed by atoms with Crippen molar-refractivity contribution in [1.29, 1.82) is 0 Å². The highest BCUT2D eigenvalue weighted by molar-refractivity contribution is 9.10. The predicted octanol–water partition coefficient (Wildman–Crippen LogP) is 5.12. The number of benzene rings is 3. The van der Waals surface area contributed by atoms with E-state index in [9.17, 15) is 4.39 Å². The lowest BCUT2D eigenvalue weighted by atomic mass is 10.1. The van der Waals surface area contributed by atoms with Crippen LogP contribution in [0.15, 0.2) is 59.1 Å². The number of fused-ring (bicyclic) bond motifs is 1. The predicted molar refractivity (Wildman–Crippen MR) is 82.5 cm³/mol. The molecular weight excluding hydrogens is 321 g/mol. The molecule has 2 nitrogen and oxygen atoms in total. The van der Waals surface area contributed by atoms with Gasteiger partial charge < -0.3 is 10.5 Å². The topological polar surface area (TPSA) is 35.2 Å². The van der Waals surface area contributed by atoms with Gasteiger partial charge >= 0.3 is 0 Å². The first-order valence-electron chi connectivity index (χ1n) is 6.04. The summed E-state index contributed by atoms with van der Waals surface area (Å²) >= 11 is 3.44. The normalized spacial score (nSPS) is 10.7. The molecule has 0 aliphatic carbocycles. The summed E-state index contributed by atoms with van der Waals surface area (Å²) in [4.78, 5) is 0. The van der Waals surface area contributed by atoms with E-state index in [1.165, 1.54) is 18.2 Å². The summed E-state index contributed by atoms with van der Waals surface area (Å²) in [5.74, 6) is 0.735. The van der Waals surface area contributed by atoms with Crippen LogP contribution in [0.1, 0.15) is 0 Å². The zero-order chi connectivity index (χ0) is 14.1. The molecule has 3 rings (SSSR count). The maximum atomic E-state index is 13.0. The minimum atomic E-state index is -0.377. The first-order valence-corrected chi connectivity index (χ1v) is 6.83. The summed E-state index contributed by atoms with van der Waals surface area (Å²) < 4.78 is 19.7. The fraction of sp³-hybridized carbons (Fsp3) is 0. The lowest BCUT2D eigenvalue weighted by molar-refractivity contribution is 0.484. The molecule has 0 radical (unpaired) electrons. The van der Waals surface area contributed by atoms with Gasteiger partial charge in [-0.1, -0.05) is 28.1 Å². The van der Waals surface area contributed by atoms with E-state index < -0.39 is 0 Å². The Morgan fingerprint density at radius 2 is 1.65 bits per heavy atom. The van der Waals surface area contributed by atoms with Gasteiger partial charge in [-0.3, -0.25) is 0 Å². The van der Waals surface area contributed by atoms with Crippen molar-refractivity contribution in [3.63, 3.8) is 0 Å². The van der Waals surface area contributed by atoms with Crippen molar-refractivity contribution in [2.45, 2.75) is 0 Å². The SMILES string of the molecule is Nc1cc(F)ccc1Oc1ccc2cc(Br)ccc2c1. The smallest absolute Gasteiger partial charge is 0.150 e. The van der Waals surface area contributed by atoms with Crippen LogP contribution in [-0.2, 0) is 0 Å². The average molecular weight is 332 g/mol. The molecular formula is C16H11BrFNO. The third-order valence-electron chi connectivity index (χ3n) is 2.97. The third kappa shape index (κ3) is 2.60. The highest BCUT2D eigenvalue weighted by atomic mass is 79.9. The van der Waals surface area contributed by atoms with Crippen molar-refractivity contribution in [2.24, 2.45) is 0 Å². The monoisotopic (exact) mass is 331 g/mol. The standard InChI is InChI=1S/C16H11BrFNO/c17-12-3-1-11-8-14(5-2-10(11)7-12)20-16-6-4-13(18)9-15(16)19/h1-9H,19H2. The molecule has 4 heteroatoms. The molecule has 100 valence electrons. The second kappa shape index (κ2) is 5.13. The molecule has 3 aromatic rings. The molecule has 0 amide bonds. The summed E-state index contributed by atoms with van der Waals surface area (Å²) in [6, 6.07) is 15.8. The second-order valence-electron chi connectivity index (χ2n) is 4.44. The summed E-state index contributed by atoms with van der Waals surface area (Å²) in [5, 5.41) is 2.17. The van der Waals surface area contributed by atoms with Gasteiger partial charge in [0.05, 0.1) is 5.69 Å². The van der Waals surface area contributed by atoms with Crippen molar-refractivity contribution in [3.05, 3.63) is 64.9 Å². The van der Waals surface area contributed by atoms with Crippen molar-refractivity contribution in [1.82, 2.24) is 0 Å². The van der Waals surface area contributed by atoms with Crippen LogP contribution in [0.25, 0.3) is 10.8 Å². The van der Waals surface area contributed by atoms with Crippen LogP contribution in [-0.4, -0.2) is 0 Å². The van der Waals surface area contributed by atoms with Gasteiger partial charge in [-0.25, -0.2) is 4.39 Å². The lowest BCUT2D eigenvalue weighted by Gasteiger charge is -2.09. The van der Waals surface area contributed by atoms with E-state index in [-0.39, 0.29) is 11.5 Å². The maximum Gasteiger partial charge on any atom is 0.150 e. The van der Waals surface area contributed by atoms with Crippen LogP contribution in [0.2, 0.25) is 0 Å². The minimum absolute atomic E-state index is 0.279. The molecule has 20 heavy (non-hydrogen) atoms. The Balaban J connectivity index is 1.96. The van der Waals surface area contributed by atoms with Crippen LogP contribution in [0, 0.1) is 5.82 Å². The van der Waals surface area contributed by atoms with Crippen LogP contribution in [0.3, 0.4) is 0 Å². The molecule has 0 spiro atoms. The van der Waals surface area contributed by atoms with E-state index in [0.717, 1.165) is 15.2 Å². The second-order valence-corrected chi connectivity index (χ2v) is 5.35. The van der Waals surface area contributed by atoms with Gasteiger partial charge in [-0.2, -0.15) is 0 Å². The fourth-order valence-corrected chi connectivity index (χ4v) is 2.38. The molecule has 0 unspecified atom stereocenters. The summed E-state index contributed by atoms with van der Waals surface area (Å²) in [5.41, 5.74) is 6.01. The molecule has 0 fully saturated rings. The van der Waals surface area contributed by atoms with E-state index in [4.69, 9.17) is 10.5 Å². The number of hydrogen-bond acceptors (Lipinski definition) is 2. The summed E-state index contributed by atoms with van der Waals surface area (Å²) in [7, 11) is 0. The summed E-state index contributed by atoms with van der Waals surface area (Å²) in [6.07, 6.45) is 0. The van der Waals surface area contributed by atoms with Gasteiger partial charge in [0.25, 0.3) is 0 Å². The zero-order valence-corrected chi connectivity index (χ0v) is 12.0. The molecule has 0 aromatic heterocycles. The minimum Gasteiger partial charge on any atom is -0.455 e. The van der Waals surface area contributed by atoms with Crippen molar-refractivity contribution in [2.75, 3.05) is 5.73 Å². The Kier molecular flexibility index (Phi) is 3.32. The van der Waals surface area contributed by atoms with Crippen LogP contribution >= 0.6 is 15.9 Å². The number of nitrogens with two attached hydrogens (primary N) is 1. The van der Waals surface area contributed by atoms with E-state index in [0.29, 0.717) is 11.5 Å². The highest BCUT2D eigenvalue weighted by Crippen LogP contribution is 2.30. The molecule has 2 N–H and O–H groups in total. The van der Waals surface area contributed by atoms with E-state index in [2.05, 4.69) is 15.9 Å². The van der Waals surface area contributed by atoms with Gasteiger partial charge in [0.1, 0.15) is 11.6 Å². The average Bonchev–Trinajstić information content (AvgIpc) is 2.42. The number of hydrogen-bond donors (Lipinski definition) is 1. The fourth-order valence-electron chi connectivity index (χ4n) is 2.00. The molecule has 0 aliphatic rings. The van der Waals surface area contributed by atoms with Gasteiger partial charge in [0, 0.05) is 10.5 Å². The number of halogens is 2. The zero-order valence-electron chi connectivity index (χ0n) is 10.4. The first-order chi connectivity index (χ1) is 9.61. The first kappa shape index (κ1) is 12.9. The van der Waals surface area contributed by atoms with Crippen LogP contribution < -0.4 is 10.5 Å². The summed E-state index contributed by atoms with van der Waals surface area (Å²) in [6.45, 7) is 0. The van der Waals surface area contributed by atoms with Crippen molar-refractivity contribution < 1.29 is 9.13 Å². The van der Waals surface area contributed by atoms with Crippen molar-refractivity contribution in [3.8, 4) is 11.5 Å². The molecule has 0 atom stereocenters. The largest absolute Gasteiger partial charge is 0.455 e. The maximum absolute atomic E-state index is 13.0. The molecule has 0 saturated carbocycles. The van der Waals surface area contributed by atoms with E-state index >= 15 is 0 Å². The molecule has 0 heterocycles. The van der Waals surface area contributed by atoms with E-state index in [1.54, 1.807) is 0 Å². The highest BCUT2D eigenvalue weighted by Gasteiger charge is 2.04. The van der Waals surface area contributed by atoms with Crippen LogP contribution in [0.5, 0.6) is 11.5 Å². The molecule has 0 aliphatic heterocycles. The van der Waals surface area contributed by atoms with E-state index in [1.807, 2.05) is 36.4 Å². The van der Waals surface area contributed by atoms with Gasteiger partial charge in [0.15, 0.2) is 5.75 Å². The number of anilines is 1. The Bertz CT molecular complexity index is 789. The lowest BCUT2D eigenvalue weighted by Crippen LogP contribution is -1.93. The Morgan fingerprint density at radius 1 is 0.900 bits per heavy atom. The Morgan fingerprint density at radius 3 is 2.45 bits per heavy atom. The third-order valence-corrected chi connectivity index (χ3v) is 3.47. The van der Waals surface area contributed by atoms with Crippen molar-refractivity contribution >= 4 is 32.4 Å². The molecule has 0 bridgehead atoms. The molecule has 3 aromatic carbocycles. The van der Waals surface area contributed by atoms with Gasteiger partial charge in [-0.15, -0.1) is 0 Å². The number of rotatable bonds is 2. The molecule has 0 saturated heterocycles.